The molecule has 13 heavy (non-hydrogen) atoms. The van der Waals surface area contributed by atoms with Crippen molar-refractivity contribution < 1.29 is 14.4 Å². The summed E-state index contributed by atoms with van der Waals surface area (Å²) < 4.78 is 10.6. The molecule has 0 aliphatic carbocycles. The highest BCUT2D eigenvalue weighted by molar-refractivity contribution is 7.50. The molecule has 1 aromatic rings. The lowest BCUT2D eigenvalue weighted by molar-refractivity contribution is 0.371. The molecule has 1 heterocycles. The molecule has 7 heteroatoms. The minimum Gasteiger partial charge on any atom is -0.383 e. The number of anilines is 1. The molecule has 0 atom stereocenters. The third kappa shape index (κ3) is 3.10. The molecule has 4 N–H and O–H groups in total. The van der Waals surface area contributed by atoms with Crippen molar-refractivity contribution in [1.29, 1.82) is 0 Å². The number of hydrogen-bond donors (Lipinski definition) is 3. The zero-order chi connectivity index (χ0) is 10.1. The Hall–Kier alpha value is -0.970. The van der Waals surface area contributed by atoms with E-state index in [9.17, 15) is 4.57 Å². The van der Waals surface area contributed by atoms with Gasteiger partial charge in [0.25, 0.3) is 0 Å². The minimum atomic E-state index is -4.09. The molecule has 0 aliphatic rings. The smallest absolute Gasteiger partial charge is 0.330 e. The molecule has 0 amide bonds. The van der Waals surface area contributed by atoms with Crippen LogP contribution in [0.25, 0.3) is 0 Å². The second-order valence-electron chi connectivity index (χ2n) is 2.65. The molecule has 0 fully saturated rings. The van der Waals surface area contributed by atoms with Crippen molar-refractivity contribution in [3.63, 3.8) is 0 Å². The third-order valence-electron chi connectivity index (χ3n) is 1.39. The lowest BCUT2D eigenvalue weighted by Gasteiger charge is -2.05. The Balaban J connectivity index is 2.97. The first kappa shape index (κ1) is 10.1. The molecule has 0 saturated heterocycles. The molecule has 6 nitrogen and oxygen atoms in total. The number of rotatable bonds is 2. The highest BCUT2D eigenvalue weighted by Gasteiger charge is 2.16. The first-order valence-corrected chi connectivity index (χ1v) is 5.31. The molecule has 1 rings (SSSR count). The number of nitrogen functional groups attached to an aromatic ring is 1. The van der Waals surface area contributed by atoms with E-state index in [2.05, 4.69) is 9.97 Å². The normalized spacial score (nSPS) is 11.6. The van der Waals surface area contributed by atoms with Crippen LogP contribution >= 0.6 is 7.60 Å². The number of nitrogens with two attached hydrogens (primary N) is 1. The summed E-state index contributed by atoms with van der Waals surface area (Å²) in [6, 6.07) is 0. The maximum absolute atomic E-state index is 10.6. The van der Waals surface area contributed by atoms with Crippen LogP contribution < -0.4 is 5.73 Å². The summed E-state index contributed by atoms with van der Waals surface area (Å²) in [5.74, 6) is 0.600. The number of hydrogen-bond acceptors (Lipinski definition) is 4. The Kier molecular flexibility index (Phi) is 2.66. The van der Waals surface area contributed by atoms with Crippen molar-refractivity contribution in [2.75, 3.05) is 5.73 Å². The van der Waals surface area contributed by atoms with Crippen LogP contribution in [0.1, 0.15) is 11.4 Å². The van der Waals surface area contributed by atoms with Crippen LogP contribution in [0, 0.1) is 6.92 Å². The van der Waals surface area contributed by atoms with Gasteiger partial charge in [0, 0.05) is 11.8 Å². The van der Waals surface area contributed by atoms with Gasteiger partial charge in [-0.3, -0.25) is 4.57 Å². The largest absolute Gasteiger partial charge is 0.383 e. The summed E-state index contributed by atoms with van der Waals surface area (Å²) in [7, 11) is -4.09. The van der Waals surface area contributed by atoms with Gasteiger partial charge in [0.1, 0.15) is 11.6 Å². The van der Waals surface area contributed by atoms with Crippen LogP contribution in [0.4, 0.5) is 5.82 Å². The van der Waals surface area contributed by atoms with Gasteiger partial charge in [-0.15, -0.1) is 0 Å². The number of aryl methyl sites for hydroxylation is 1. The van der Waals surface area contributed by atoms with Gasteiger partial charge < -0.3 is 15.5 Å². The minimum absolute atomic E-state index is 0.121. The summed E-state index contributed by atoms with van der Waals surface area (Å²) in [5, 5.41) is 0. The summed E-state index contributed by atoms with van der Waals surface area (Å²) in [4.78, 5) is 24.9. The Morgan fingerprint density at radius 2 is 2.23 bits per heavy atom. The van der Waals surface area contributed by atoms with E-state index in [4.69, 9.17) is 15.5 Å². The lowest BCUT2D eigenvalue weighted by Crippen LogP contribution is -2.01. The fourth-order valence-corrected chi connectivity index (χ4v) is 1.54. The van der Waals surface area contributed by atoms with E-state index < -0.39 is 13.8 Å². The lowest BCUT2D eigenvalue weighted by atomic mass is 10.3. The highest BCUT2D eigenvalue weighted by atomic mass is 31.2. The Morgan fingerprint density at radius 1 is 1.62 bits per heavy atom. The molecule has 0 aliphatic heterocycles. The standard InChI is InChI=1S/C6H10N3O3P/c1-4-8-2-5(6(7)9-4)3-13(10,11)12/h2H,3H2,1H3,(H2,7,8,9)(H2,10,11,12). The van der Waals surface area contributed by atoms with Crippen LogP contribution in [0.15, 0.2) is 6.20 Å². The zero-order valence-electron chi connectivity index (χ0n) is 7.01. The Morgan fingerprint density at radius 3 is 2.69 bits per heavy atom. The van der Waals surface area contributed by atoms with Gasteiger partial charge in [-0.2, -0.15) is 0 Å². The molecular weight excluding hydrogens is 193 g/mol. The van der Waals surface area contributed by atoms with Crippen LogP contribution in [0.3, 0.4) is 0 Å². The van der Waals surface area contributed by atoms with E-state index in [0.29, 0.717) is 5.82 Å². The van der Waals surface area contributed by atoms with Crippen molar-refractivity contribution in [3.05, 3.63) is 17.6 Å². The fraction of sp³-hybridized carbons (Fsp3) is 0.333. The maximum atomic E-state index is 10.6. The quantitative estimate of drug-likeness (QED) is 0.585. The van der Waals surface area contributed by atoms with Crippen molar-refractivity contribution in [2.45, 2.75) is 13.1 Å². The van der Waals surface area contributed by atoms with Gasteiger partial charge in [0.2, 0.25) is 0 Å². The first-order valence-electron chi connectivity index (χ1n) is 3.51. The van der Waals surface area contributed by atoms with E-state index in [1.807, 2.05) is 0 Å². The maximum Gasteiger partial charge on any atom is 0.330 e. The van der Waals surface area contributed by atoms with Crippen LogP contribution in [0.5, 0.6) is 0 Å². The monoisotopic (exact) mass is 203 g/mol. The third-order valence-corrected chi connectivity index (χ3v) is 2.15. The summed E-state index contributed by atoms with van der Waals surface area (Å²) in [5.41, 5.74) is 5.71. The molecule has 0 bridgehead atoms. The Labute approximate surface area is 75.0 Å². The van der Waals surface area contributed by atoms with E-state index in [-0.39, 0.29) is 11.4 Å². The van der Waals surface area contributed by atoms with Gasteiger partial charge in [0.15, 0.2) is 0 Å². The average molecular weight is 203 g/mol. The van der Waals surface area contributed by atoms with Gasteiger partial charge in [-0.05, 0) is 6.92 Å². The predicted molar refractivity (Wildman–Crippen MR) is 46.9 cm³/mol. The fourth-order valence-electron chi connectivity index (χ4n) is 0.856. The molecule has 72 valence electrons. The number of aromatic nitrogens is 2. The second kappa shape index (κ2) is 3.41. The molecule has 0 saturated carbocycles. The first-order chi connectivity index (χ1) is 5.88. The highest BCUT2D eigenvalue weighted by Crippen LogP contribution is 2.39. The van der Waals surface area contributed by atoms with Gasteiger partial charge in [-0.25, -0.2) is 9.97 Å². The summed E-state index contributed by atoms with van der Waals surface area (Å²) in [6.45, 7) is 1.65. The average Bonchev–Trinajstić information content (AvgIpc) is 1.93. The van der Waals surface area contributed by atoms with Crippen molar-refractivity contribution in [3.8, 4) is 0 Å². The van der Waals surface area contributed by atoms with E-state index in [0.717, 1.165) is 0 Å². The SMILES string of the molecule is Cc1ncc(CP(=O)(O)O)c(N)n1. The molecule has 0 radical (unpaired) electrons. The van der Waals surface area contributed by atoms with E-state index >= 15 is 0 Å². The Bertz CT molecular complexity index is 362. The predicted octanol–water partition coefficient (Wildman–Crippen LogP) is 0.0449. The van der Waals surface area contributed by atoms with Crippen molar-refractivity contribution in [1.82, 2.24) is 9.97 Å². The zero-order valence-corrected chi connectivity index (χ0v) is 7.90. The van der Waals surface area contributed by atoms with Gasteiger partial charge >= 0.3 is 7.60 Å². The van der Waals surface area contributed by atoms with E-state index in [1.54, 1.807) is 6.92 Å². The molecule has 1 aromatic heterocycles. The van der Waals surface area contributed by atoms with Crippen molar-refractivity contribution >= 4 is 13.4 Å². The van der Waals surface area contributed by atoms with Gasteiger partial charge in [0.05, 0.1) is 6.16 Å². The number of nitrogens with zero attached hydrogens (tertiary/aromatic N) is 2. The van der Waals surface area contributed by atoms with Crippen molar-refractivity contribution in [2.24, 2.45) is 0 Å². The summed E-state index contributed by atoms with van der Waals surface area (Å²) in [6.07, 6.45) is 0.913. The topological polar surface area (TPSA) is 109 Å². The van der Waals surface area contributed by atoms with E-state index in [1.165, 1.54) is 6.20 Å². The molecule has 0 unspecified atom stereocenters. The molecule has 0 aromatic carbocycles. The second-order valence-corrected chi connectivity index (χ2v) is 4.30. The van der Waals surface area contributed by atoms with Crippen LogP contribution in [0.2, 0.25) is 0 Å². The molecular formula is C6H10N3O3P. The van der Waals surface area contributed by atoms with Crippen LogP contribution in [-0.2, 0) is 10.7 Å². The molecule has 0 spiro atoms. The van der Waals surface area contributed by atoms with Gasteiger partial charge in [-0.1, -0.05) is 0 Å². The summed E-state index contributed by atoms with van der Waals surface area (Å²) >= 11 is 0. The van der Waals surface area contributed by atoms with Crippen LogP contribution in [-0.4, -0.2) is 19.8 Å².